The van der Waals surface area contributed by atoms with Crippen LogP contribution in [0, 0.1) is 5.92 Å². The Kier molecular flexibility index (Phi) is 4.15. The van der Waals surface area contributed by atoms with Gasteiger partial charge in [-0.1, -0.05) is 0 Å². The summed E-state index contributed by atoms with van der Waals surface area (Å²) >= 11 is 1.75. The molecule has 2 aliphatic heterocycles. The largest absolute Gasteiger partial charge is 0.340 e. The molecule has 2 saturated heterocycles. The topological polar surface area (TPSA) is 35.6 Å². The quantitative estimate of drug-likeness (QED) is 0.893. The van der Waals surface area contributed by atoms with E-state index in [9.17, 15) is 4.79 Å². The number of rotatable bonds is 4. The number of carbonyl (C=O) groups is 1. The van der Waals surface area contributed by atoms with Crippen molar-refractivity contribution in [1.82, 2.24) is 15.1 Å². The summed E-state index contributed by atoms with van der Waals surface area (Å²) in [6.45, 7) is 6.85. The van der Waals surface area contributed by atoms with Crippen molar-refractivity contribution in [3.63, 3.8) is 0 Å². The van der Waals surface area contributed by atoms with E-state index >= 15 is 0 Å². The molecule has 4 nitrogen and oxygen atoms in total. The fraction of sp³-hybridized carbons (Fsp3) is 0.643. The lowest BCUT2D eigenvalue weighted by atomic mass is 9.98. The summed E-state index contributed by atoms with van der Waals surface area (Å²) in [4.78, 5) is 16.6. The predicted molar refractivity (Wildman–Crippen MR) is 77.2 cm³/mol. The summed E-state index contributed by atoms with van der Waals surface area (Å²) in [6.07, 6.45) is 0.734. The van der Waals surface area contributed by atoms with E-state index in [-0.39, 0.29) is 0 Å². The molecule has 0 bridgehead atoms. The van der Waals surface area contributed by atoms with Crippen LogP contribution in [-0.2, 0) is 11.3 Å². The summed E-state index contributed by atoms with van der Waals surface area (Å²) < 4.78 is 0. The Hall–Kier alpha value is -0.910. The van der Waals surface area contributed by atoms with E-state index < -0.39 is 0 Å². The first-order valence-electron chi connectivity index (χ1n) is 7.03. The van der Waals surface area contributed by atoms with Gasteiger partial charge in [0, 0.05) is 39.1 Å². The Labute approximate surface area is 118 Å². The van der Waals surface area contributed by atoms with Gasteiger partial charge < -0.3 is 10.2 Å². The smallest absolute Gasteiger partial charge is 0.223 e. The molecule has 19 heavy (non-hydrogen) atoms. The zero-order valence-corrected chi connectivity index (χ0v) is 12.0. The number of carbonyl (C=O) groups excluding carboxylic acids is 1. The van der Waals surface area contributed by atoms with Crippen LogP contribution in [0.3, 0.4) is 0 Å². The summed E-state index contributed by atoms with van der Waals surface area (Å²) in [5.74, 6) is 0.929. The molecule has 1 N–H and O–H groups in total. The van der Waals surface area contributed by atoms with Crippen LogP contribution in [0.4, 0.5) is 0 Å². The van der Waals surface area contributed by atoms with Crippen LogP contribution in [0.15, 0.2) is 16.8 Å². The highest BCUT2D eigenvalue weighted by Gasteiger charge is 2.25. The van der Waals surface area contributed by atoms with E-state index in [4.69, 9.17) is 0 Å². The summed E-state index contributed by atoms with van der Waals surface area (Å²) in [7, 11) is 0. The molecular weight excluding hydrogens is 258 g/mol. The van der Waals surface area contributed by atoms with Crippen molar-refractivity contribution < 1.29 is 4.79 Å². The van der Waals surface area contributed by atoms with Gasteiger partial charge in [-0.15, -0.1) is 0 Å². The minimum atomic E-state index is 0.349. The Morgan fingerprint density at radius 3 is 2.68 bits per heavy atom. The predicted octanol–water partition coefficient (Wildman–Crippen LogP) is 1.00. The van der Waals surface area contributed by atoms with Crippen LogP contribution in [0.5, 0.6) is 0 Å². The van der Waals surface area contributed by atoms with E-state index in [1.807, 2.05) is 4.90 Å². The van der Waals surface area contributed by atoms with E-state index in [0.717, 1.165) is 52.2 Å². The van der Waals surface area contributed by atoms with Gasteiger partial charge in [-0.2, -0.15) is 11.3 Å². The lowest BCUT2D eigenvalue weighted by Crippen LogP contribution is -2.50. The zero-order valence-electron chi connectivity index (χ0n) is 11.2. The Balaban J connectivity index is 1.42. The standard InChI is InChI=1S/C14H21N3OS/c18-14(7-13-8-15-9-13)17-4-2-16(3-5-17)10-12-1-6-19-11-12/h1,6,11,13,15H,2-5,7-10H2. The third-order valence-corrected chi connectivity index (χ3v) is 4.77. The van der Waals surface area contributed by atoms with Crippen molar-refractivity contribution in [2.75, 3.05) is 39.3 Å². The minimum absolute atomic E-state index is 0.349. The molecule has 0 unspecified atom stereocenters. The summed E-state index contributed by atoms with van der Waals surface area (Å²) in [5.41, 5.74) is 1.39. The average molecular weight is 279 g/mol. The van der Waals surface area contributed by atoms with Crippen molar-refractivity contribution in [1.29, 1.82) is 0 Å². The Morgan fingerprint density at radius 1 is 1.32 bits per heavy atom. The molecule has 0 saturated carbocycles. The molecule has 0 radical (unpaired) electrons. The summed E-state index contributed by atoms with van der Waals surface area (Å²) in [6, 6.07) is 2.19. The van der Waals surface area contributed by atoms with Crippen molar-refractivity contribution in [3.05, 3.63) is 22.4 Å². The van der Waals surface area contributed by atoms with Crippen molar-refractivity contribution in [3.8, 4) is 0 Å². The van der Waals surface area contributed by atoms with Gasteiger partial charge in [0.25, 0.3) is 0 Å². The fourth-order valence-electron chi connectivity index (χ4n) is 2.67. The van der Waals surface area contributed by atoms with Gasteiger partial charge in [0.2, 0.25) is 5.91 Å². The SMILES string of the molecule is O=C(CC1CNC1)N1CCN(Cc2ccsc2)CC1. The van der Waals surface area contributed by atoms with Crippen molar-refractivity contribution >= 4 is 17.2 Å². The highest BCUT2D eigenvalue weighted by atomic mass is 32.1. The molecule has 3 heterocycles. The van der Waals surface area contributed by atoms with Crippen LogP contribution in [0.1, 0.15) is 12.0 Å². The second-order valence-electron chi connectivity index (χ2n) is 5.52. The van der Waals surface area contributed by atoms with Gasteiger partial charge >= 0.3 is 0 Å². The second kappa shape index (κ2) is 6.03. The monoisotopic (exact) mass is 279 g/mol. The minimum Gasteiger partial charge on any atom is -0.340 e. The number of thiophene rings is 1. The number of piperazine rings is 1. The first-order chi connectivity index (χ1) is 9.31. The molecule has 1 amide bonds. The Bertz CT molecular complexity index is 408. The van der Waals surface area contributed by atoms with E-state index in [1.165, 1.54) is 5.56 Å². The lowest BCUT2D eigenvalue weighted by molar-refractivity contribution is -0.134. The first kappa shape index (κ1) is 13.1. The third-order valence-electron chi connectivity index (χ3n) is 4.04. The van der Waals surface area contributed by atoms with Gasteiger partial charge in [-0.25, -0.2) is 0 Å². The van der Waals surface area contributed by atoms with E-state index in [1.54, 1.807) is 11.3 Å². The van der Waals surface area contributed by atoms with Crippen LogP contribution < -0.4 is 5.32 Å². The summed E-state index contributed by atoms with van der Waals surface area (Å²) in [5, 5.41) is 7.56. The van der Waals surface area contributed by atoms with Crippen LogP contribution in [0.25, 0.3) is 0 Å². The molecular formula is C14H21N3OS. The van der Waals surface area contributed by atoms with Crippen LogP contribution in [0.2, 0.25) is 0 Å². The maximum atomic E-state index is 12.1. The maximum Gasteiger partial charge on any atom is 0.223 e. The average Bonchev–Trinajstić information content (AvgIpc) is 2.87. The van der Waals surface area contributed by atoms with Gasteiger partial charge in [0.05, 0.1) is 0 Å². The highest BCUT2D eigenvalue weighted by molar-refractivity contribution is 7.07. The molecule has 1 aromatic heterocycles. The van der Waals surface area contributed by atoms with Gasteiger partial charge in [-0.05, 0) is 41.4 Å². The van der Waals surface area contributed by atoms with Gasteiger partial charge in [0.1, 0.15) is 0 Å². The molecule has 1 aromatic rings. The molecule has 2 aliphatic rings. The van der Waals surface area contributed by atoms with Crippen molar-refractivity contribution in [2.45, 2.75) is 13.0 Å². The lowest BCUT2D eigenvalue weighted by Gasteiger charge is -2.36. The molecule has 0 spiro atoms. The third kappa shape index (κ3) is 3.35. The molecule has 0 atom stereocenters. The molecule has 5 heteroatoms. The fourth-order valence-corrected chi connectivity index (χ4v) is 3.32. The van der Waals surface area contributed by atoms with Crippen molar-refractivity contribution in [2.24, 2.45) is 5.92 Å². The van der Waals surface area contributed by atoms with E-state index in [0.29, 0.717) is 11.8 Å². The molecule has 104 valence electrons. The number of hydrogen-bond donors (Lipinski definition) is 1. The number of nitrogens with zero attached hydrogens (tertiary/aromatic N) is 2. The van der Waals surface area contributed by atoms with Crippen LogP contribution in [-0.4, -0.2) is 55.0 Å². The number of nitrogens with one attached hydrogen (secondary N) is 1. The molecule has 0 aliphatic carbocycles. The van der Waals surface area contributed by atoms with E-state index in [2.05, 4.69) is 27.0 Å². The molecule has 3 rings (SSSR count). The number of hydrogen-bond acceptors (Lipinski definition) is 4. The van der Waals surface area contributed by atoms with Crippen LogP contribution >= 0.6 is 11.3 Å². The second-order valence-corrected chi connectivity index (χ2v) is 6.30. The molecule has 2 fully saturated rings. The first-order valence-corrected chi connectivity index (χ1v) is 7.97. The number of amides is 1. The normalized spacial score (nSPS) is 21.4. The Morgan fingerprint density at radius 2 is 2.11 bits per heavy atom. The maximum absolute atomic E-state index is 12.1. The zero-order chi connectivity index (χ0) is 13.1. The molecule has 0 aromatic carbocycles. The van der Waals surface area contributed by atoms with Gasteiger partial charge in [0.15, 0.2) is 0 Å². The highest BCUT2D eigenvalue weighted by Crippen LogP contribution is 2.14. The van der Waals surface area contributed by atoms with Gasteiger partial charge in [-0.3, -0.25) is 9.69 Å².